The minimum absolute atomic E-state index is 0.172. The number of nitrogens with zero attached hydrogens (tertiary/aromatic N) is 2. The molecule has 2 heterocycles. The van der Waals surface area contributed by atoms with Crippen molar-refractivity contribution in [2.45, 2.75) is 18.6 Å². The average molecular weight is 291 g/mol. The molecule has 1 saturated heterocycles. The van der Waals surface area contributed by atoms with Gasteiger partial charge in [-0.2, -0.15) is 0 Å². The van der Waals surface area contributed by atoms with Gasteiger partial charge in [0.2, 0.25) is 5.91 Å². The number of rotatable bonds is 4. The quantitative estimate of drug-likeness (QED) is 0.928. The van der Waals surface area contributed by atoms with Crippen LogP contribution in [0.2, 0.25) is 0 Å². The molecule has 2 atom stereocenters. The van der Waals surface area contributed by atoms with Crippen LogP contribution in [0.1, 0.15) is 17.5 Å². The molecule has 0 spiro atoms. The van der Waals surface area contributed by atoms with Crippen molar-refractivity contribution >= 4 is 27.5 Å². The van der Waals surface area contributed by atoms with E-state index in [1.165, 1.54) is 11.3 Å². The largest absolute Gasteiger partial charge is 0.380 e. The third-order valence-electron chi connectivity index (χ3n) is 3.69. The molecule has 2 aromatic rings. The Balaban J connectivity index is 1.92. The van der Waals surface area contributed by atoms with Crippen molar-refractivity contribution in [1.82, 2.24) is 9.88 Å². The van der Waals surface area contributed by atoms with Crippen LogP contribution in [-0.2, 0) is 9.53 Å². The average Bonchev–Trinajstić information content (AvgIpc) is 3.04. The van der Waals surface area contributed by atoms with Gasteiger partial charge < -0.3 is 10.5 Å². The first kappa shape index (κ1) is 13.5. The minimum Gasteiger partial charge on any atom is -0.380 e. The first-order chi connectivity index (χ1) is 9.69. The first-order valence-corrected chi connectivity index (χ1v) is 7.42. The van der Waals surface area contributed by atoms with E-state index in [9.17, 15) is 4.79 Å². The number of thiazole rings is 1. The van der Waals surface area contributed by atoms with E-state index >= 15 is 0 Å². The van der Waals surface area contributed by atoms with Crippen molar-refractivity contribution in [3.8, 4) is 0 Å². The maximum absolute atomic E-state index is 11.9. The van der Waals surface area contributed by atoms with Crippen molar-refractivity contribution in [1.29, 1.82) is 0 Å². The predicted octanol–water partition coefficient (Wildman–Crippen LogP) is 1.54. The number of hydrogen-bond acceptors (Lipinski definition) is 5. The van der Waals surface area contributed by atoms with Crippen LogP contribution >= 0.6 is 11.3 Å². The fourth-order valence-corrected chi connectivity index (χ4v) is 3.76. The van der Waals surface area contributed by atoms with Crippen molar-refractivity contribution in [2.24, 2.45) is 5.73 Å². The Labute approximate surface area is 121 Å². The lowest BCUT2D eigenvalue weighted by Gasteiger charge is -2.22. The summed E-state index contributed by atoms with van der Waals surface area (Å²) < 4.78 is 6.44. The maximum Gasteiger partial charge on any atom is 0.241 e. The first-order valence-electron chi connectivity index (χ1n) is 6.60. The second kappa shape index (κ2) is 5.47. The predicted molar refractivity (Wildman–Crippen MR) is 78.5 cm³/mol. The van der Waals surface area contributed by atoms with Gasteiger partial charge >= 0.3 is 0 Å². The molecule has 0 bridgehead atoms. The third-order valence-corrected chi connectivity index (χ3v) is 4.78. The molecule has 2 N–H and O–H groups in total. The molecule has 3 rings (SSSR count). The maximum atomic E-state index is 11.9. The monoisotopic (exact) mass is 291 g/mol. The Morgan fingerprint density at radius 1 is 1.55 bits per heavy atom. The number of likely N-dealkylation sites (tertiary alicyclic amines) is 1. The van der Waals surface area contributed by atoms with Crippen LogP contribution in [0.15, 0.2) is 24.3 Å². The standard InChI is InChI=1S/C14H17N3O2S/c1-19-9-6-7-17(8-9)12(13(15)18)14-16-10-4-2-3-5-11(10)20-14/h2-5,9,12H,6-8H2,1H3,(H2,15,18). The summed E-state index contributed by atoms with van der Waals surface area (Å²) in [5.74, 6) is -0.346. The minimum atomic E-state index is -0.451. The summed E-state index contributed by atoms with van der Waals surface area (Å²) in [5, 5.41) is 0.774. The van der Waals surface area contributed by atoms with Crippen LogP contribution in [-0.4, -0.2) is 42.1 Å². The summed E-state index contributed by atoms with van der Waals surface area (Å²) in [6, 6.07) is 7.43. The summed E-state index contributed by atoms with van der Waals surface area (Å²) >= 11 is 1.53. The van der Waals surface area contributed by atoms with Crippen LogP contribution in [0.5, 0.6) is 0 Å². The Kier molecular flexibility index (Phi) is 3.69. The number of hydrogen-bond donors (Lipinski definition) is 1. The molecular weight excluding hydrogens is 274 g/mol. The number of methoxy groups -OCH3 is 1. The number of primary amides is 1. The van der Waals surface area contributed by atoms with Gasteiger partial charge in [-0.25, -0.2) is 4.98 Å². The highest BCUT2D eigenvalue weighted by Crippen LogP contribution is 2.31. The summed E-state index contributed by atoms with van der Waals surface area (Å²) in [6.07, 6.45) is 1.09. The molecule has 2 unspecified atom stereocenters. The van der Waals surface area contributed by atoms with Crippen LogP contribution in [0.4, 0.5) is 0 Å². The van der Waals surface area contributed by atoms with Crippen molar-refractivity contribution in [3.05, 3.63) is 29.3 Å². The Morgan fingerprint density at radius 2 is 2.35 bits per heavy atom. The van der Waals surface area contributed by atoms with Crippen LogP contribution in [0, 0.1) is 0 Å². The summed E-state index contributed by atoms with van der Waals surface area (Å²) in [6.45, 7) is 1.53. The summed E-state index contributed by atoms with van der Waals surface area (Å²) in [4.78, 5) is 18.5. The fraction of sp³-hybridized carbons (Fsp3) is 0.429. The van der Waals surface area contributed by atoms with Gasteiger partial charge in [0.15, 0.2) is 0 Å². The van der Waals surface area contributed by atoms with Gasteiger partial charge in [-0.05, 0) is 18.6 Å². The second-order valence-electron chi connectivity index (χ2n) is 4.97. The molecule has 0 aliphatic carbocycles. The normalized spacial score (nSPS) is 21.4. The summed E-state index contributed by atoms with van der Waals surface area (Å²) in [7, 11) is 1.70. The zero-order valence-corrected chi connectivity index (χ0v) is 12.1. The second-order valence-corrected chi connectivity index (χ2v) is 6.03. The number of aromatic nitrogens is 1. The highest BCUT2D eigenvalue weighted by atomic mass is 32.1. The molecule has 106 valence electrons. The molecule has 1 amide bonds. The molecule has 1 aliphatic heterocycles. The molecule has 20 heavy (non-hydrogen) atoms. The van der Waals surface area contributed by atoms with E-state index in [2.05, 4.69) is 9.88 Å². The van der Waals surface area contributed by atoms with E-state index in [-0.39, 0.29) is 12.0 Å². The number of carbonyl (C=O) groups is 1. The molecule has 1 aromatic carbocycles. The van der Waals surface area contributed by atoms with Gasteiger partial charge in [0.05, 0.1) is 16.3 Å². The SMILES string of the molecule is COC1CCN(C(C(N)=O)c2nc3ccccc3s2)C1. The molecule has 6 heteroatoms. The lowest BCUT2D eigenvalue weighted by atomic mass is 10.2. The number of fused-ring (bicyclic) bond motifs is 1. The van der Waals surface area contributed by atoms with Gasteiger partial charge in [0, 0.05) is 20.2 Å². The van der Waals surface area contributed by atoms with Gasteiger partial charge in [-0.3, -0.25) is 9.69 Å². The lowest BCUT2D eigenvalue weighted by molar-refractivity contribution is -0.123. The number of amides is 1. The highest BCUT2D eigenvalue weighted by Gasteiger charge is 2.34. The van der Waals surface area contributed by atoms with E-state index in [0.29, 0.717) is 0 Å². The number of carbonyl (C=O) groups excluding carboxylic acids is 1. The number of ether oxygens (including phenoxy) is 1. The molecule has 1 aromatic heterocycles. The Bertz CT molecular complexity index is 595. The van der Waals surface area contributed by atoms with Crippen LogP contribution in [0.25, 0.3) is 10.2 Å². The Morgan fingerprint density at radius 3 is 3.00 bits per heavy atom. The molecular formula is C14H17N3O2S. The topological polar surface area (TPSA) is 68.5 Å². The number of benzene rings is 1. The fourth-order valence-electron chi connectivity index (χ4n) is 2.65. The van der Waals surface area contributed by atoms with Crippen molar-refractivity contribution in [3.63, 3.8) is 0 Å². The van der Waals surface area contributed by atoms with Crippen molar-refractivity contribution < 1.29 is 9.53 Å². The third kappa shape index (κ3) is 2.42. The highest BCUT2D eigenvalue weighted by molar-refractivity contribution is 7.18. The molecule has 0 radical (unpaired) electrons. The van der Waals surface area contributed by atoms with E-state index in [4.69, 9.17) is 10.5 Å². The van der Waals surface area contributed by atoms with E-state index in [0.717, 1.165) is 34.7 Å². The molecule has 1 fully saturated rings. The number of para-hydroxylation sites is 1. The van der Waals surface area contributed by atoms with Gasteiger partial charge in [-0.15, -0.1) is 11.3 Å². The van der Waals surface area contributed by atoms with Gasteiger partial charge in [-0.1, -0.05) is 12.1 Å². The molecule has 5 nitrogen and oxygen atoms in total. The number of nitrogens with two attached hydrogens (primary N) is 1. The zero-order chi connectivity index (χ0) is 14.1. The van der Waals surface area contributed by atoms with E-state index in [1.54, 1.807) is 7.11 Å². The zero-order valence-electron chi connectivity index (χ0n) is 11.3. The molecule has 0 saturated carbocycles. The van der Waals surface area contributed by atoms with Gasteiger partial charge in [0.1, 0.15) is 11.0 Å². The lowest BCUT2D eigenvalue weighted by Crippen LogP contribution is -2.37. The van der Waals surface area contributed by atoms with Crippen molar-refractivity contribution in [2.75, 3.05) is 20.2 Å². The van der Waals surface area contributed by atoms with Crippen LogP contribution < -0.4 is 5.73 Å². The molecule has 1 aliphatic rings. The van der Waals surface area contributed by atoms with E-state index in [1.807, 2.05) is 24.3 Å². The smallest absolute Gasteiger partial charge is 0.241 e. The summed E-state index contributed by atoms with van der Waals surface area (Å²) in [5.41, 5.74) is 6.52. The Hall–Kier alpha value is -1.50. The van der Waals surface area contributed by atoms with Gasteiger partial charge in [0.25, 0.3) is 0 Å². The van der Waals surface area contributed by atoms with Crippen LogP contribution in [0.3, 0.4) is 0 Å². The van der Waals surface area contributed by atoms with E-state index < -0.39 is 6.04 Å².